The lowest BCUT2D eigenvalue weighted by atomic mass is 9.86. The lowest BCUT2D eigenvalue weighted by molar-refractivity contribution is -0.124. The Morgan fingerprint density at radius 2 is 2.24 bits per heavy atom. The fourth-order valence-electron chi connectivity index (χ4n) is 2.61. The number of carbonyl (C=O) groups excluding carboxylic acids is 1. The van der Waals surface area contributed by atoms with Crippen LogP contribution in [0.5, 0.6) is 5.75 Å². The van der Waals surface area contributed by atoms with E-state index >= 15 is 0 Å². The molecule has 1 aliphatic rings. The van der Waals surface area contributed by atoms with Crippen molar-refractivity contribution in [3.05, 3.63) is 28.8 Å². The number of carbonyl (C=O) groups is 1. The number of nitrogens with zero attached hydrogens (tertiary/aromatic N) is 1. The van der Waals surface area contributed by atoms with Crippen molar-refractivity contribution in [3.8, 4) is 11.8 Å². The highest BCUT2D eigenvalue weighted by atomic mass is 35.5. The number of hydrogen-bond acceptors (Lipinski definition) is 3. The summed E-state index contributed by atoms with van der Waals surface area (Å²) >= 11 is 6.00. The van der Waals surface area contributed by atoms with Crippen LogP contribution in [0.3, 0.4) is 0 Å². The third-order valence-electron chi connectivity index (χ3n) is 3.88. The highest BCUT2D eigenvalue weighted by Gasteiger charge is 2.22. The van der Waals surface area contributed by atoms with Crippen LogP contribution in [-0.4, -0.2) is 18.6 Å². The predicted octanol–water partition coefficient (Wildman–Crippen LogP) is 3.29. The molecule has 112 valence electrons. The molecule has 21 heavy (non-hydrogen) atoms. The van der Waals surface area contributed by atoms with Gasteiger partial charge in [0.2, 0.25) is 0 Å². The molecule has 5 heteroatoms. The second kappa shape index (κ2) is 7.33. The first-order valence-corrected chi connectivity index (χ1v) is 7.59. The summed E-state index contributed by atoms with van der Waals surface area (Å²) < 4.78 is 5.42. The van der Waals surface area contributed by atoms with E-state index in [0.29, 0.717) is 22.3 Å². The maximum absolute atomic E-state index is 11.9. The van der Waals surface area contributed by atoms with Gasteiger partial charge in [-0.15, -0.1) is 0 Å². The zero-order chi connectivity index (χ0) is 15.2. The van der Waals surface area contributed by atoms with Gasteiger partial charge < -0.3 is 10.1 Å². The smallest absolute Gasteiger partial charge is 0.258 e. The quantitative estimate of drug-likeness (QED) is 0.928. The molecule has 0 radical (unpaired) electrons. The summed E-state index contributed by atoms with van der Waals surface area (Å²) in [4.78, 5) is 11.9. The van der Waals surface area contributed by atoms with E-state index in [-0.39, 0.29) is 18.6 Å². The van der Waals surface area contributed by atoms with Gasteiger partial charge >= 0.3 is 0 Å². The van der Waals surface area contributed by atoms with Crippen molar-refractivity contribution in [3.63, 3.8) is 0 Å². The Bertz CT molecular complexity index is 554. The molecule has 0 bridgehead atoms. The molecule has 0 saturated heterocycles. The molecule has 2 atom stereocenters. The molecular weight excluding hydrogens is 288 g/mol. The molecule has 1 saturated carbocycles. The van der Waals surface area contributed by atoms with Crippen LogP contribution in [0.1, 0.15) is 38.2 Å². The number of nitrogens with one attached hydrogen (secondary N) is 1. The fourth-order valence-corrected chi connectivity index (χ4v) is 2.84. The zero-order valence-electron chi connectivity index (χ0n) is 12.1. The Morgan fingerprint density at radius 1 is 1.48 bits per heavy atom. The average Bonchev–Trinajstić information content (AvgIpc) is 2.48. The van der Waals surface area contributed by atoms with Gasteiger partial charge in [0.1, 0.15) is 5.75 Å². The summed E-state index contributed by atoms with van der Waals surface area (Å²) in [6, 6.07) is 6.99. The summed E-state index contributed by atoms with van der Waals surface area (Å²) in [5.41, 5.74) is 0.466. The molecule has 0 aliphatic heterocycles. The number of benzene rings is 1. The number of nitriles is 1. The third-order valence-corrected chi connectivity index (χ3v) is 4.17. The highest BCUT2D eigenvalue weighted by Crippen LogP contribution is 2.26. The standard InChI is InChI=1S/C16H19ClN2O2/c1-11-4-2-3-5-14(11)19-16(20)10-21-15-7-6-12(9-18)8-13(15)17/h6-8,11,14H,2-5,10H2,1H3,(H,19,20)/t11-,14+/m1/s1. The van der Waals surface area contributed by atoms with Crippen molar-refractivity contribution in [2.24, 2.45) is 5.92 Å². The molecule has 0 unspecified atom stereocenters. The van der Waals surface area contributed by atoms with Gasteiger partial charge in [0.25, 0.3) is 5.91 Å². The zero-order valence-corrected chi connectivity index (χ0v) is 12.8. The molecule has 1 fully saturated rings. The van der Waals surface area contributed by atoms with E-state index in [2.05, 4.69) is 12.2 Å². The summed E-state index contributed by atoms with van der Waals surface area (Å²) in [6.07, 6.45) is 4.60. The van der Waals surface area contributed by atoms with E-state index in [1.54, 1.807) is 12.1 Å². The first-order valence-electron chi connectivity index (χ1n) is 7.22. The molecule has 1 N–H and O–H groups in total. The van der Waals surface area contributed by atoms with E-state index in [1.165, 1.54) is 12.5 Å². The molecule has 4 nitrogen and oxygen atoms in total. The lowest BCUT2D eigenvalue weighted by Crippen LogP contribution is -2.43. The van der Waals surface area contributed by atoms with Gasteiger partial charge in [0.15, 0.2) is 6.61 Å². The van der Waals surface area contributed by atoms with Crippen molar-refractivity contribution in [1.82, 2.24) is 5.32 Å². The number of hydrogen-bond donors (Lipinski definition) is 1. The van der Waals surface area contributed by atoms with Gasteiger partial charge in [-0.3, -0.25) is 4.79 Å². The Balaban J connectivity index is 1.85. The minimum Gasteiger partial charge on any atom is -0.482 e. The van der Waals surface area contributed by atoms with Crippen LogP contribution in [-0.2, 0) is 4.79 Å². The summed E-state index contributed by atoms with van der Waals surface area (Å²) in [5.74, 6) is 0.804. The van der Waals surface area contributed by atoms with Gasteiger partial charge in [0.05, 0.1) is 16.7 Å². The summed E-state index contributed by atoms with van der Waals surface area (Å²) in [7, 11) is 0. The van der Waals surface area contributed by atoms with Crippen molar-refractivity contribution >= 4 is 17.5 Å². The van der Waals surface area contributed by atoms with Crippen LogP contribution in [0.2, 0.25) is 5.02 Å². The Morgan fingerprint density at radius 3 is 2.90 bits per heavy atom. The second-order valence-corrected chi connectivity index (χ2v) is 5.89. The highest BCUT2D eigenvalue weighted by molar-refractivity contribution is 6.32. The molecule has 1 aliphatic carbocycles. The maximum atomic E-state index is 11.9. The van der Waals surface area contributed by atoms with Crippen LogP contribution in [0, 0.1) is 17.2 Å². The Labute approximate surface area is 130 Å². The Hall–Kier alpha value is -1.73. The van der Waals surface area contributed by atoms with E-state index in [9.17, 15) is 4.79 Å². The topological polar surface area (TPSA) is 62.1 Å². The first kappa shape index (κ1) is 15.7. The van der Waals surface area contributed by atoms with Crippen LogP contribution in [0.4, 0.5) is 0 Å². The maximum Gasteiger partial charge on any atom is 0.258 e. The van der Waals surface area contributed by atoms with Gasteiger partial charge in [0, 0.05) is 6.04 Å². The molecule has 1 aromatic rings. The molecule has 1 amide bonds. The average molecular weight is 307 g/mol. The normalized spacial score (nSPS) is 21.4. The first-order chi connectivity index (χ1) is 10.1. The molecule has 0 aromatic heterocycles. The van der Waals surface area contributed by atoms with Crippen LogP contribution in [0.15, 0.2) is 18.2 Å². The van der Waals surface area contributed by atoms with Gasteiger partial charge in [-0.05, 0) is 37.0 Å². The van der Waals surface area contributed by atoms with Crippen molar-refractivity contribution in [2.45, 2.75) is 38.6 Å². The van der Waals surface area contributed by atoms with E-state index in [1.807, 2.05) is 6.07 Å². The molecule has 0 spiro atoms. The second-order valence-electron chi connectivity index (χ2n) is 5.48. The largest absolute Gasteiger partial charge is 0.482 e. The Kier molecular flexibility index (Phi) is 5.46. The van der Waals surface area contributed by atoms with Crippen molar-refractivity contribution in [1.29, 1.82) is 5.26 Å². The molecular formula is C16H19ClN2O2. The third kappa shape index (κ3) is 4.37. The van der Waals surface area contributed by atoms with E-state index < -0.39 is 0 Å². The van der Waals surface area contributed by atoms with Gasteiger partial charge in [-0.2, -0.15) is 5.26 Å². The molecule has 1 aromatic carbocycles. The number of ether oxygens (including phenoxy) is 1. The van der Waals surface area contributed by atoms with Crippen LogP contribution < -0.4 is 10.1 Å². The number of rotatable bonds is 4. The predicted molar refractivity (Wildman–Crippen MR) is 81.2 cm³/mol. The minimum absolute atomic E-state index is 0.0607. The van der Waals surface area contributed by atoms with Crippen molar-refractivity contribution in [2.75, 3.05) is 6.61 Å². The summed E-state index contributed by atoms with van der Waals surface area (Å²) in [5, 5.41) is 12.1. The monoisotopic (exact) mass is 306 g/mol. The van der Waals surface area contributed by atoms with Crippen LogP contribution >= 0.6 is 11.6 Å². The number of halogens is 1. The number of amides is 1. The SMILES string of the molecule is C[C@@H]1CCCC[C@@H]1NC(=O)COc1ccc(C#N)cc1Cl. The lowest BCUT2D eigenvalue weighted by Gasteiger charge is -2.29. The van der Waals surface area contributed by atoms with Crippen molar-refractivity contribution < 1.29 is 9.53 Å². The van der Waals surface area contributed by atoms with E-state index in [4.69, 9.17) is 21.6 Å². The fraction of sp³-hybridized carbons (Fsp3) is 0.500. The van der Waals surface area contributed by atoms with Gasteiger partial charge in [-0.1, -0.05) is 31.4 Å². The van der Waals surface area contributed by atoms with E-state index in [0.717, 1.165) is 19.3 Å². The minimum atomic E-state index is -0.130. The summed E-state index contributed by atoms with van der Waals surface area (Å²) in [6.45, 7) is 2.11. The van der Waals surface area contributed by atoms with Crippen LogP contribution in [0.25, 0.3) is 0 Å². The molecule has 0 heterocycles. The molecule has 2 rings (SSSR count). The van der Waals surface area contributed by atoms with Gasteiger partial charge in [-0.25, -0.2) is 0 Å².